The first kappa shape index (κ1) is 23.6. The van der Waals surface area contributed by atoms with E-state index < -0.39 is 5.97 Å². The summed E-state index contributed by atoms with van der Waals surface area (Å²) in [6.07, 6.45) is 7.73. The number of anilines is 1. The standard InChI is InChI=1S/C31H31N3O2/c1-21(2)23-9-12-28(13-10-23)34-17-16-26-18-25(27-19-32-33(3)20-27)11-14-29(26)31(34)24-7-4-22(5-8-24)6-15-30(35)36/h4-15,18-21,31H,16-17H2,1-3H3,(H,35,36)/b15-6+. The number of aliphatic carboxylic acids is 1. The maximum absolute atomic E-state index is 10.9. The van der Waals surface area contributed by atoms with Gasteiger partial charge in [-0.15, -0.1) is 0 Å². The fourth-order valence-corrected chi connectivity index (χ4v) is 5.02. The predicted octanol–water partition coefficient (Wildman–Crippen LogP) is 6.46. The predicted molar refractivity (Wildman–Crippen MR) is 145 cm³/mol. The topological polar surface area (TPSA) is 58.4 Å². The van der Waals surface area contributed by atoms with Crippen molar-refractivity contribution in [1.29, 1.82) is 0 Å². The molecule has 1 aliphatic rings. The highest BCUT2D eigenvalue weighted by atomic mass is 16.4. The lowest BCUT2D eigenvalue weighted by molar-refractivity contribution is -0.131. The number of hydrogen-bond acceptors (Lipinski definition) is 3. The number of aryl methyl sites for hydroxylation is 1. The zero-order valence-electron chi connectivity index (χ0n) is 20.9. The first-order valence-electron chi connectivity index (χ1n) is 12.4. The molecule has 0 bridgehead atoms. The second-order valence-electron chi connectivity index (χ2n) is 9.75. The molecular weight excluding hydrogens is 446 g/mol. The van der Waals surface area contributed by atoms with E-state index in [-0.39, 0.29) is 6.04 Å². The molecule has 1 atom stereocenters. The zero-order valence-corrected chi connectivity index (χ0v) is 20.9. The molecule has 0 radical (unpaired) electrons. The molecule has 1 N–H and O–H groups in total. The van der Waals surface area contributed by atoms with Crippen LogP contribution in [0.4, 0.5) is 5.69 Å². The van der Waals surface area contributed by atoms with Crippen molar-refractivity contribution in [3.8, 4) is 11.1 Å². The van der Waals surface area contributed by atoms with Crippen LogP contribution >= 0.6 is 0 Å². The number of hydrogen-bond donors (Lipinski definition) is 1. The summed E-state index contributed by atoms with van der Waals surface area (Å²) in [5.41, 5.74) is 9.57. The number of carboxylic acids is 1. The Morgan fingerprint density at radius 3 is 2.42 bits per heavy atom. The number of aromatic nitrogens is 2. The van der Waals surface area contributed by atoms with Crippen molar-refractivity contribution < 1.29 is 9.90 Å². The van der Waals surface area contributed by atoms with Crippen LogP contribution in [-0.4, -0.2) is 27.4 Å². The lowest BCUT2D eigenvalue weighted by Crippen LogP contribution is -2.36. The van der Waals surface area contributed by atoms with Crippen LogP contribution in [0.5, 0.6) is 0 Å². The summed E-state index contributed by atoms with van der Waals surface area (Å²) in [4.78, 5) is 13.4. The fraction of sp³-hybridized carbons (Fsp3) is 0.226. The SMILES string of the molecule is CC(C)c1ccc(N2CCc3cc(-c4cnn(C)c4)ccc3C2c2ccc(/C=C/C(=O)O)cc2)cc1. The van der Waals surface area contributed by atoms with Crippen LogP contribution in [0, 0.1) is 0 Å². The molecule has 1 unspecified atom stereocenters. The van der Waals surface area contributed by atoms with E-state index in [2.05, 4.69) is 78.4 Å². The second-order valence-corrected chi connectivity index (χ2v) is 9.75. The van der Waals surface area contributed by atoms with Gasteiger partial charge in [0.15, 0.2) is 0 Å². The van der Waals surface area contributed by atoms with Crippen LogP contribution < -0.4 is 4.90 Å². The summed E-state index contributed by atoms with van der Waals surface area (Å²) in [5.74, 6) is -0.449. The monoisotopic (exact) mass is 477 g/mol. The lowest BCUT2D eigenvalue weighted by atomic mass is 9.85. The Hall–Kier alpha value is -4.12. The molecule has 5 nitrogen and oxygen atoms in total. The van der Waals surface area contributed by atoms with Crippen LogP contribution in [-0.2, 0) is 18.3 Å². The van der Waals surface area contributed by atoms with E-state index in [0.29, 0.717) is 5.92 Å². The molecule has 36 heavy (non-hydrogen) atoms. The molecule has 0 saturated carbocycles. The van der Waals surface area contributed by atoms with Gasteiger partial charge in [0.2, 0.25) is 0 Å². The van der Waals surface area contributed by atoms with Crippen LogP contribution in [0.2, 0.25) is 0 Å². The number of nitrogens with zero attached hydrogens (tertiary/aromatic N) is 3. The average Bonchev–Trinajstić information content (AvgIpc) is 3.33. The van der Waals surface area contributed by atoms with Crippen molar-refractivity contribution in [2.45, 2.75) is 32.2 Å². The molecule has 5 heteroatoms. The van der Waals surface area contributed by atoms with Gasteiger partial charge in [-0.1, -0.05) is 68.4 Å². The molecule has 182 valence electrons. The molecule has 1 aliphatic heterocycles. The smallest absolute Gasteiger partial charge is 0.328 e. The summed E-state index contributed by atoms with van der Waals surface area (Å²) in [6, 6.07) is 24.0. The molecule has 4 aromatic rings. The Labute approximate surface area is 212 Å². The lowest BCUT2D eigenvalue weighted by Gasteiger charge is -2.40. The normalized spacial score (nSPS) is 15.4. The summed E-state index contributed by atoms with van der Waals surface area (Å²) in [6.45, 7) is 5.35. The number of carbonyl (C=O) groups is 1. The number of fused-ring (bicyclic) bond motifs is 1. The highest BCUT2D eigenvalue weighted by molar-refractivity contribution is 5.85. The van der Waals surface area contributed by atoms with Crippen LogP contribution in [0.15, 0.2) is 85.2 Å². The maximum Gasteiger partial charge on any atom is 0.328 e. The van der Waals surface area contributed by atoms with Crippen molar-refractivity contribution in [3.63, 3.8) is 0 Å². The van der Waals surface area contributed by atoms with E-state index in [9.17, 15) is 4.79 Å². The molecule has 0 saturated heterocycles. The third-order valence-corrected chi connectivity index (χ3v) is 6.97. The molecule has 5 rings (SSSR count). The van der Waals surface area contributed by atoms with E-state index in [0.717, 1.165) is 24.1 Å². The largest absolute Gasteiger partial charge is 0.478 e. The van der Waals surface area contributed by atoms with Gasteiger partial charge in [0.1, 0.15) is 0 Å². The van der Waals surface area contributed by atoms with Crippen molar-refractivity contribution in [1.82, 2.24) is 9.78 Å². The molecule has 2 heterocycles. The molecule has 1 aromatic heterocycles. The minimum absolute atomic E-state index is 0.0686. The van der Waals surface area contributed by atoms with Gasteiger partial charge in [-0.2, -0.15) is 5.10 Å². The Morgan fingerprint density at radius 1 is 1.03 bits per heavy atom. The molecule has 0 fully saturated rings. The van der Waals surface area contributed by atoms with Gasteiger partial charge >= 0.3 is 5.97 Å². The molecular formula is C31H31N3O2. The molecule has 3 aromatic carbocycles. The Bertz CT molecular complexity index is 1400. The van der Waals surface area contributed by atoms with Crippen molar-refractivity contribution in [2.75, 3.05) is 11.4 Å². The zero-order chi connectivity index (χ0) is 25.2. The minimum atomic E-state index is -0.944. The first-order chi connectivity index (χ1) is 17.4. The van der Waals surface area contributed by atoms with Gasteiger partial charge in [0.25, 0.3) is 0 Å². The highest BCUT2D eigenvalue weighted by Crippen LogP contribution is 2.40. The van der Waals surface area contributed by atoms with Crippen LogP contribution in [0.3, 0.4) is 0 Å². The van der Waals surface area contributed by atoms with Gasteiger partial charge in [0.05, 0.1) is 12.2 Å². The Kier molecular flexibility index (Phi) is 6.47. The Balaban J connectivity index is 1.56. The van der Waals surface area contributed by atoms with Gasteiger partial charge in [-0.25, -0.2) is 4.79 Å². The summed E-state index contributed by atoms with van der Waals surface area (Å²) in [7, 11) is 1.94. The number of benzene rings is 3. The van der Waals surface area contributed by atoms with Gasteiger partial charge in [0, 0.05) is 37.1 Å². The maximum atomic E-state index is 10.9. The third kappa shape index (κ3) is 4.82. The van der Waals surface area contributed by atoms with Gasteiger partial charge in [-0.05, 0) is 63.9 Å². The van der Waals surface area contributed by atoms with Gasteiger partial charge < -0.3 is 10.0 Å². The second kappa shape index (κ2) is 9.86. The summed E-state index contributed by atoms with van der Waals surface area (Å²) < 4.78 is 1.83. The van der Waals surface area contributed by atoms with Crippen molar-refractivity contribution in [2.24, 2.45) is 7.05 Å². The average molecular weight is 478 g/mol. The fourth-order valence-electron chi connectivity index (χ4n) is 5.02. The van der Waals surface area contributed by atoms with E-state index in [1.54, 1.807) is 6.08 Å². The highest BCUT2D eigenvalue weighted by Gasteiger charge is 2.29. The molecule has 0 spiro atoms. The third-order valence-electron chi connectivity index (χ3n) is 6.97. The number of rotatable bonds is 6. The van der Waals surface area contributed by atoms with E-state index in [1.165, 1.54) is 39.6 Å². The van der Waals surface area contributed by atoms with E-state index in [1.807, 2.05) is 36.3 Å². The minimum Gasteiger partial charge on any atom is -0.478 e. The van der Waals surface area contributed by atoms with E-state index >= 15 is 0 Å². The molecule has 0 aliphatic carbocycles. The van der Waals surface area contributed by atoms with E-state index in [4.69, 9.17) is 5.11 Å². The molecule has 0 amide bonds. The number of carboxylic acid groups (broad SMARTS) is 1. The summed E-state index contributed by atoms with van der Waals surface area (Å²) >= 11 is 0. The van der Waals surface area contributed by atoms with Crippen molar-refractivity contribution >= 4 is 17.7 Å². The van der Waals surface area contributed by atoms with Gasteiger partial charge in [-0.3, -0.25) is 4.68 Å². The Morgan fingerprint density at radius 2 is 1.78 bits per heavy atom. The first-order valence-corrected chi connectivity index (χ1v) is 12.4. The van der Waals surface area contributed by atoms with Crippen LogP contribution in [0.25, 0.3) is 17.2 Å². The summed E-state index contributed by atoms with van der Waals surface area (Å²) in [5, 5.41) is 13.3. The van der Waals surface area contributed by atoms with Crippen molar-refractivity contribution in [3.05, 3.63) is 113 Å². The van der Waals surface area contributed by atoms with Crippen LogP contribution in [0.1, 0.15) is 53.6 Å². The quantitative estimate of drug-likeness (QED) is 0.324.